The summed E-state index contributed by atoms with van der Waals surface area (Å²) in [6, 6.07) is 14.4. The van der Waals surface area contributed by atoms with Crippen molar-refractivity contribution in [2.45, 2.75) is 64.7 Å². The molecule has 2 saturated heterocycles. The number of carbonyl (C=O) groups is 2. The summed E-state index contributed by atoms with van der Waals surface area (Å²) in [5.41, 5.74) is 4.05. The molecule has 0 N–H and O–H groups in total. The Balaban J connectivity index is 1.26. The maximum Gasteiger partial charge on any atom is 0.253 e. The van der Waals surface area contributed by atoms with E-state index < -0.39 is 0 Å². The van der Waals surface area contributed by atoms with Crippen LogP contribution in [0.15, 0.2) is 42.5 Å². The number of hydrogen-bond donors (Lipinski definition) is 0. The first-order valence-corrected chi connectivity index (χ1v) is 14.6. The minimum atomic E-state index is -0.388. The minimum absolute atomic E-state index is 0.0944. The molecule has 0 bridgehead atoms. The van der Waals surface area contributed by atoms with Crippen molar-refractivity contribution in [1.82, 2.24) is 9.80 Å². The molecular formula is C32H43N3O3. The standard InChI is InChI=1S/C32H43N3O3/c1-25-13-14-27(24-28(25)34-18-8-9-19-34)30(36)35-20-16-32(17-21-35)15-7-3-4-10-26-11-5-6-12-29(26)38-23-22-33(2)31(32)37/h5-6,11-14,24H,3-4,7-10,15-23H2,1-2H3. The second kappa shape index (κ2) is 11.8. The van der Waals surface area contributed by atoms with Gasteiger partial charge in [-0.2, -0.15) is 0 Å². The molecule has 0 saturated carbocycles. The zero-order chi connectivity index (χ0) is 26.5. The van der Waals surface area contributed by atoms with Crippen LogP contribution in [0.5, 0.6) is 5.75 Å². The first kappa shape index (κ1) is 26.6. The Morgan fingerprint density at radius 1 is 0.868 bits per heavy atom. The van der Waals surface area contributed by atoms with E-state index in [1.807, 2.05) is 35.0 Å². The molecule has 3 heterocycles. The van der Waals surface area contributed by atoms with Gasteiger partial charge in [-0.1, -0.05) is 37.1 Å². The summed E-state index contributed by atoms with van der Waals surface area (Å²) in [6.45, 7) is 6.59. The highest BCUT2D eigenvalue weighted by molar-refractivity contribution is 5.95. The Kier molecular flexibility index (Phi) is 8.25. The average molecular weight is 518 g/mol. The molecule has 0 radical (unpaired) electrons. The van der Waals surface area contributed by atoms with Crippen LogP contribution in [0, 0.1) is 12.3 Å². The van der Waals surface area contributed by atoms with Gasteiger partial charge in [0, 0.05) is 44.5 Å². The number of ether oxygens (including phenoxy) is 1. The van der Waals surface area contributed by atoms with Crippen LogP contribution in [0.2, 0.25) is 0 Å². The summed E-state index contributed by atoms with van der Waals surface area (Å²) in [4.78, 5) is 33.6. The van der Waals surface area contributed by atoms with Gasteiger partial charge >= 0.3 is 0 Å². The Labute approximate surface area is 227 Å². The van der Waals surface area contributed by atoms with Crippen LogP contribution in [-0.4, -0.2) is 68.0 Å². The van der Waals surface area contributed by atoms with E-state index in [9.17, 15) is 9.59 Å². The molecule has 3 aliphatic rings. The van der Waals surface area contributed by atoms with Gasteiger partial charge in [0.25, 0.3) is 5.91 Å². The predicted octanol–water partition coefficient (Wildman–Crippen LogP) is 5.47. The normalized spacial score (nSPS) is 20.8. The number of piperidine rings is 1. The third kappa shape index (κ3) is 5.69. The molecule has 2 fully saturated rings. The maximum absolute atomic E-state index is 13.8. The fraction of sp³-hybridized carbons (Fsp3) is 0.562. The van der Waals surface area contributed by atoms with E-state index in [0.29, 0.717) is 26.2 Å². The van der Waals surface area contributed by atoms with Crippen molar-refractivity contribution in [3.05, 3.63) is 59.2 Å². The molecule has 0 atom stereocenters. The van der Waals surface area contributed by atoms with Crippen LogP contribution < -0.4 is 9.64 Å². The number of likely N-dealkylation sites (N-methyl/N-ethyl adjacent to an activating group) is 1. The summed E-state index contributed by atoms with van der Waals surface area (Å²) < 4.78 is 6.10. The van der Waals surface area contributed by atoms with Crippen molar-refractivity contribution in [3.8, 4) is 5.75 Å². The largest absolute Gasteiger partial charge is 0.491 e. The van der Waals surface area contributed by atoms with Gasteiger partial charge in [0.05, 0.1) is 12.0 Å². The summed E-state index contributed by atoms with van der Waals surface area (Å²) in [5, 5.41) is 0. The highest BCUT2D eigenvalue weighted by Crippen LogP contribution is 2.39. The lowest BCUT2D eigenvalue weighted by molar-refractivity contribution is -0.144. The topological polar surface area (TPSA) is 53.1 Å². The zero-order valence-corrected chi connectivity index (χ0v) is 23.2. The van der Waals surface area contributed by atoms with Gasteiger partial charge in [0.1, 0.15) is 12.4 Å². The van der Waals surface area contributed by atoms with Crippen LogP contribution in [0.3, 0.4) is 0 Å². The average Bonchev–Trinajstić information content (AvgIpc) is 3.48. The van der Waals surface area contributed by atoms with Crippen molar-refractivity contribution in [2.24, 2.45) is 5.41 Å². The van der Waals surface area contributed by atoms with Crippen LogP contribution >= 0.6 is 0 Å². The predicted molar refractivity (Wildman–Crippen MR) is 152 cm³/mol. The van der Waals surface area contributed by atoms with E-state index in [1.54, 1.807) is 0 Å². The van der Waals surface area contributed by atoms with Crippen LogP contribution in [0.1, 0.15) is 72.9 Å². The molecule has 2 amide bonds. The number of benzene rings is 2. The third-order valence-corrected chi connectivity index (χ3v) is 8.97. The quantitative estimate of drug-likeness (QED) is 0.530. The molecule has 3 aliphatic heterocycles. The van der Waals surface area contributed by atoms with Crippen LogP contribution in [-0.2, 0) is 11.2 Å². The molecular weight excluding hydrogens is 474 g/mol. The van der Waals surface area contributed by atoms with Gasteiger partial charge in [-0.05, 0) is 81.2 Å². The van der Waals surface area contributed by atoms with Crippen molar-refractivity contribution in [2.75, 3.05) is 51.3 Å². The molecule has 38 heavy (non-hydrogen) atoms. The third-order valence-electron chi connectivity index (χ3n) is 8.97. The van der Waals surface area contributed by atoms with E-state index in [0.717, 1.165) is 69.3 Å². The number of rotatable bonds is 2. The second-order valence-electron chi connectivity index (χ2n) is 11.5. The first-order chi connectivity index (χ1) is 18.5. The number of amides is 2. The number of carbonyl (C=O) groups excluding carboxylic acids is 2. The number of anilines is 1. The monoisotopic (exact) mass is 517 g/mol. The molecule has 6 nitrogen and oxygen atoms in total. The number of nitrogens with zero attached hydrogens (tertiary/aromatic N) is 3. The summed E-state index contributed by atoms with van der Waals surface area (Å²) in [7, 11) is 1.91. The summed E-state index contributed by atoms with van der Waals surface area (Å²) in [5.74, 6) is 1.25. The number of likely N-dealkylation sites (tertiary alicyclic amines) is 1. The molecule has 0 aliphatic carbocycles. The Hall–Kier alpha value is -3.02. The van der Waals surface area contributed by atoms with Gasteiger partial charge in [0.15, 0.2) is 0 Å². The van der Waals surface area contributed by atoms with Gasteiger partial charge in [-0.15, -0.1) is 0 Å². The van der Waals surface area contributed by atoms with Crippen LogP contribution in [0.4, 0.5) is 5.69 Å². The zero-order valence-electron chi connectivity index (χ0n) is 23.2. The van der Waals surface area contributed by atoms with Crippen LogP contribution in [0.25, 0.3) is 0 Å². The van der Waals surface area contributed by atoms with Gasteiger partial charge in [-0.3, -0.25) is 9.59 Å². The van der Waals surface area contributed by atoms with E-state index in [1.165, 1.54) is 29.7 Å². The van der Waals surface area contributed by atoms with Crippen molar-refractivity contribution >= 4 is 17.5 Å². The molecule has 2 aromatic rings. The highest BCUT2D eigenvalue weighted by atomic mass is 16.5. The van der Waals surface area contributed by atoms with Crippen molar-refractivity contribution in [3.63, 3.8) is 0 Å². The Bertz CT molecular complexity index is 1130. The summed E-state index contributed by atoms with van der Waals surface area (Å²) in [6.07, 6.45) is 9.02. The smallest absolute Gasteiger partial charge is 0.253 e. The highest BCUT2D eigenvalue weighted by Gasteiger charge is 2.43. The van der Waals surface area contributed by atoms with Gasteiger partial charge in [0.2, 0.25) is 5.91 Å². The summed E-state index contributed by atoms with van der Waals surface area (Å²) >= 11 is 0. The van der Waals surface area contributed by atoms with E-state index in [2.05, 4.69) is 36.1 Å². The molecule has 1 spiro atoms. The molecule has 0 unspecified atom stereocenters. The molecule has 204 valence electrons. The minimum Gasteiger partial charge on any atom is -0.491 e. The van der Waals surface area contributed by atoms with E-state index in [-0.39, 0.29) is 17.2 Å². The van der Waals surface area contributed by atoms with Gasteiger partial charge < -0.3 is 19.4 Å². The van der Waals surface area contributed by atoms with Crippen molar-refractivity contribution in [1.29, 1.82) is 0 Å². The van der Waals surface area contributed by atoms with Crippen molar-refractivity contribution < 1.29 is 14.3 Å². The lowest BCUT2D eigenvalue weighted by atomic mass is 9.73. The maximum atomic E-state index is 13.8. The number of fused-ring (bicyclic) bond motifs is 1. The molecule has 0 aromatic heterocycles. The van der Waals surface area contributed by atoms with Gasteiger partial charge in [-0.25, -0.2) is 0 Å². The lowest BCUT2D eigenvalue weighted by Gasteiger charge is -2.42. The SMILES string of the molecule is Cc1ccc(C(=O)N2CCC3(CCCCCc4ccccc4OCCN(C)C3=O)CC2)cc1N1CCCC1. The van der Waals surface area contributed by atoms with E-state index in [4.69, 9.17) is 4.74 Å². The second-order valence-corrected chi connectivity index (χ2v) is 11.5. The lowest BCUT2D eigenvalue weighted by Crippen LogP contribution is -2.51. The molecule has 2 aromatic carbocycles. The number of para-hydroxylation sites is 1. The fourth-order valence-corrected chi connectivity index (χ4v) is 6.54. The Morgan fingerprint density at radius 2 is 1.63 bits per heavy atom. The van der Waals surface area contributed by atoms with E-state index >= 15 is 0 Å². The molecule has 6 heteroatoms. The fourth-order valence-electron chi connectivity index (χ4n) is 6.54. The molecule has 5 rings (SSSR count). The first-order valence-electron chi connectivity index (χ1n) is 14.6. The number of aryl methyl sites for hydroxylation is 2. The number of hydrogen-bond acceptors (Lipinski definition) is 4. The Morgan fingerprint density at radius 3 is 2.42 bits per heavy atom.